The number of amides is 2. The minimum Gasteiger partial charge on any atom is -0.490 e. The van der Waals surface area contributed by atoms with Gasteiger partial charge in [0.15, 0.2) is 11.6 Å². The van der Waals surface area contributed by atoms with E-state index in [1.807, 2.05) is 0 Å². The number of nitrogens with one attached hydrogen (secondary N) is 3. The van der Waals surface area contributed by atoms with E-state index >= 15 is 0 Å². The van der Waals surface area contributed by atoms with Crippen molar-refractivity contribution in [3.8, 4) is 5.75 Å². The number of aliphatic carboxylic acids is 1. The Morgan fingerprint density at radius 1 is 1.25 bits per heavy atom. The number of carboxylic acid groups (broad SMARTS) is 1. The highest BCUT2D eigenvalue weighted by atomic mass is 19.4. The molecule has 0 aliphatic carbocycles. The molecule has 0 spiro atoms. The molecule has 0 bridgehead atoms. The van der Waals surface area contributed by atoms with E-state index in [1.54, 1.807) is 24.4 Å². The van der Waals surface area contributed by atoms with Gasteiger partial charge in [0.25, 0.3) is 5.97 Å². The second kappa shape index (κ2) is 9.12. The maximum atomic E-state index is 14.3. The zero-order chi connectivity index (χ0) is 23.5. The average molecular weight is 454 g/mol. The lowest BCUT2D eigenvalue weighted by atomic mass is 9.98. The van der Waals surface area contributed by atoms with Crippen LogP contribution in [0, 0.1) is 5.82 Å². The molecule has 0 fully saturated rings. The molecule has 32 heavy (non-hydrogen) atoms. The molecular formula is C20H18F4N4O4. The van der Waals surface area contributed by atoms with Crippen molar-refractivity contribution in [1.82, 2.24) is 15.5 Å². The lowest BCUT2D eigenvalue weighted by Gasteiger charge is -2.28. The number of ether oxygens (including phenoxy) is 1. The first-order valence-electron chi connectivity index (χ1n) is 9.29. The fourth-order valence-electron chi connectivity index (χ4n) is 3.19. The smallest absolute Gasteiger partial charge is 0.419 e. The zero-order valence-corrected chi connectivity index (χ0v) is 16.6. The number of aromatic nitrogens is 2. The number of halogens is 4. The summed E-state index contributed by atoms with van der Waals surface area (Å²) in [5.41, 5.74) is 0.00185. The lowest BCUT2D eigenvalue weighted by Crippen LogP contribution is -2.35. The summed E-state index contributed by atoms with van der Waals surface area (Å²) in [5, 5.41) is 20.1. The quantitative estimate of drug-likeness (QED) is 0.427. The van der Waals surface area contributed by atoms with Crippen LogP contribution in [0.1, 0.15) is 30.5 Å². The Hall–Kier alpha value is -3.83. The maximum Gasteiger partial charge on any atom is 0.419 e. The number of rotatable bonds is 2. The van der Waals surface area contributed by atoms with E-state index in [4.69, 9.17) is 14.6 Å². The largest absolute Gasteiger partial charge is 0.490 e. The molecule has 2 amide bonds. The van der Waals surface area contributed by atoms with Crippen molar-refractivity contribution >= 4 is 28.6 Å². The summed E-state index contributed by atoms with van der Waals surface area (Å²) in [5.74, 6) is -2.79. The van der Waals surface area contributed by atoms with Gasteiger partial charge >= 0.3 is 12.2 Å². The Balaban J connectivity index is 0.000000668. The molecule has 1 unspecified atom stereocenters. The summed E-state index contributed by atoms with van der Waals surface area (Å²) >= 11 is 0. The fourth-order valence-corrected chi connectivity index (χ4v) is 3.19. The molecule has 2 heterocycles. The third-order valence-corrected chi connectivity index (χ3v) is 4.50. The molecule has 170 valence electrons. The summed E-state index contributed by atoms with van der Waals surface area (Å²) in [6.45, 7) is 1.06. The number of hydrogen-bond donors (Lipinski definition) is 4. The van der Waals surface area contributed by atoms with Gasteiger partial charge in [0, 0.05) is 24.3 Å². The molecule has 3 aromatic rings. The number of benzene rings is 2. The zero-order valence-electron chi connectivity index (χ0n) is 16.6. The molecule has 1 aromatic heterocycles. The molecule has 1 aliphatic heterocycles. The molecule has 4 N–H and O–H groups in total. The van der Waals surface area contributed by atoms with Crippen molar-refractivity contribution in [2.24, 2.45) is 0 Å². The van der Waals surface area contributed by atoms with Crippen molar-refractivity contribution in [3.05, 3.63) is 53.5 Å². The number of H-pyrrole nitrogens is 1. The number of anilines is 1. The van der Waals surface area contributed by atoms with Crippen molar-refractivity contribution < 1.29 is 37.0 Å². The van der Waals surface area contributed by atoms with Gasteiger partial charge in [-0.2, -0.15) is 18.3 Å². The number of urea groups is 1. The van der Waals surface area contributed by atoms with Crippen molar-refractivity contribution in [2.75, 3.05) is 11.9 Å². The van der Waals surface area contributed by atoms with Crippen LogP contribution in [-0.2, 0) is 11.0 Å². The molecule has 2 aromatic carbocycles. The maximum absolute atomic E-state index is 14.3. The Kier molecular flexibility index (Phi) is 6.51. The second-order valence-corrected chi connectivity index (χ2v) is 6.79. The number of nitrogens with zero attached hydrogens (tertiary/aromatic N) is 1. The Morgan fingerprint density at radius 3 is 2.66 bits per heavy atom. The topological polar surface area (TPSA) is 116 Å². The average Bonchev–Trinajstić information content (AvgIpc) is 3.17. The van der Waals surface area contributed by atoms with Gasteiger partial charge in [0.05, 0.1) is 35.6 Å². The number of aromatic amines is 1. The molecule has 8 nitrogen and oxygen atoms in total. The highest BCUT2D eigenvalue weighted by Gasteiger charge is 2.38. The van der Waals surface area contributed by atoms with Gasteiger partial charge in [-0.05, 0) is 18.2 Å². The van der Waals surface area contributed by atoms with Crippen LogP contribution >= 0.6 is 0 Å². The minimum absolute atomic E-state index is 0.0203. The monoisotopic (exact) mass is 454 g/mol. The van der Waals surface area contributed by atoms with Crippen molar-refractivity contribution in [2.45, 2.75) is 25.6 Å². The SMILES string of the molecule is CC(=O)O.O=C(Nc1cccc2[nH]ncc12)NC1CCOc2c1ccc(C(F)(F)F)c2F. The number of fused-ring (bicyclic) bond motifs is 2. The Labute approximate surface area is 178 Å². The number of alkyl halides is 3. The third kappa shape index (κ3) is 5.07. The van der Waals surface area contributed by atoms with Crippen molar-refractivity contribution in [1.29, 1.82) is 0 Å². The Morgan fingerprint density at radius 2 is 1.97 bits per heavy atom. The summed E-state index contributed by atoms with van der Waals surface area (Å²) in [4.78, 5) is 21.4. The van der Waals surface area contributed by atoms with Gasteiger partial charge in [-0.15, -0.1) is 0 Å². The molecular weight excluding hydrogens is 436 g/mol. The summed E-state index contributed by atoms with van der Waals surface area (Å²) in [7, 11) is 0. The first-order chi connectivity index (χ1) is 15.1. The van der Waals surface area contributed by atoms with Crippen LogP contribution in [0.4, 0.5) is 28.0 Å². The predicted molar refractivity (Wildman–Crippen MR) is 106 cm³/mol. The standard InChI is InChI=1S/C18H14F4N4O2.C2H4O2/c19-15-11(18(20,21)22)5-4-9-13(6-7-28-16(9)15)25-17(27)24-12-2-1-3-14-10(12)8-23-26-14;1-2(3)4/h1-5,8,13H,6-7H2,(H,23,26)(H2,24,25,27);1H3,(H,3,4). The second-order valence-electron chi connectivity index (χ2n) is 6.79. The first-order valence-corrected chi connectivity index (χ1v) is 9.29. The first kappa shape index (κ1) is 22.8. The van der Waals surface area contributed by atoms with Crippen LogP contribution in [-0.4, -0.2) is 33.9 Å². The summed E-state index contributed by atoms with van der Waals surface area (Å²) in [6, 6.07) is 5.72. The molecule has 1 atom stereocenters. The summed E-state index contributed by atoms with van der Waals surface area (Å²) in [6.07, 6.45) is -2.98. The van der Waals surface area contributed by atoms with Gasteiger partial charge in [-0.3, -0.25) is 9.89 Å². The molecule has 0 saturated heterocycles. The van der Waals surface area contributed by atoms with Gasteiger partial charge in [0.1, 0.15) is 0 Å². The number of carbonyl (C=O) groups excluding carboxylic acids is 1. The van der Waals surface area contributed by atoms with Gasteiger partial charge in [-0.1, -0.05) is 12.1 Å². The normalized spacial score (nSPS) is 15.1. The number of carboxylic acids is 1. The fraction of sp³-hybridized carbons (Fsp3) is 0.250. The predicted octanol–water partition coefficient (Wildman–Crippen LogP) is 4.46. The van der Waals surface area contributed by atoms with Crippen molar-refractivity contribution in [3.63, 3.8) is 0 Å². The number of hydrogen-bond acceptors (Lipinski definition) is 4. The molecule has 1 aliphatic rings. The van der Waals surface area contributed by atoms with E-state index in [9.17, 15) is 22.4 Å². The van der Waals surface area contributed by atoms with Gasteiger partial charge in [-0.25, -0.2) is 9.18 Å². The van der Waals surface area contributed by atoms with Gasteiger partial charge in [0.2, 0.25) is 0 Å². The van der Waals surface area contributed by atoms with Gasteiger partial charge < -0.3 is 20.5 Å². The van der Waals surface area contributed by atoms with Crippen LogP contribution in [0.3, 0.4) is 0 Å². The number of carbonyl (C=O) groups is 2. The van der Waals surface area contributed by atoms with Crippen LogP contribution in [0.25, 0.3) is 10.9 Å². The van der Waals surface area contributed by atoms with E-state index in [0.717, 1.165) is 18.5 Å². The van der Waals surface area contributed by atoms with Crippen LogP contribution in [0.15, 0.2) is 36.5 Å². The highest BCUT2D eigenvalue weighted by molar-refractivity contribution is 6.00. The highest BCUT2D eigenvalue weighted by Crippen LogP contribution is 2.41. The van der Waals surface area contributed by atoms with E-state index in [-0.39, 0.29) is 12.2 Å². The third-order valence-electron chi connectivity index (χ3n) is 4.50. The summed E-state index contributed by atoms with van der Waals surface area (Å²) < 4.78 is 58.0. The lowest BCUT2D eigenvalue weighted by molar-refractivity contribution is -0.140. The Bertz CT molecular complexity index is 1140. The molecule has 4 rings (SSSR count). The molecule has 12 heteroatoms. The van der Waals surface area contributed by atoms with Crippen LogP contribution in [0.2, 0.25) is 0 Å². The van der Waals surface area contributed by atoms with Crippen LogP contribution in [0.5, 0.6) is 5.75 Å². The van der Waals surface area contributed by atoms with E-state index < -0.39 is 41.3 Å². The molecule has 0 saturated carbocycles. The van der Waals surface area contributed by atoms with E-state index in [1.165, 1.54) is 0 Å². The minimum atomic E-state index is -4.83. The van der Waals surface area contributed by atoms with E-state index in [2.05, 4.69) is 20.8 Å². The van der Waals surface area contributed by atoms with E-state index in [0.29, 0.717) is 23.6 Å². The molecule has 0 radical (unpaired) electrons. The van der Waals surface area contributed by atoms with Crippen LogP contribution < -0.4 is 15.4 Å².